The summed E-state index contributed by atoms with van der Waals surface area (Å²) in [6.45, 7) is 1.51. The summed E-state index contributed by atoms with van der Waals surface area (Å²) in [5.74, 6) is -2.88. The molecule has 1 aromatic rings. The maximum Gasteiger partial charge on any atom is 0.340 e. The molecule has 0 saturated heterocycles. The fraction of sp³-hybridized carbons (Fsp3) is 0.400. The molecule has 0 bridgehead atoms. The molecule has 0 spiro atoms. The van der Waals surface area contributed by atoms with Gasteiger partial charge in [0.1, 0.15) is 10.6 Å². The van der Waals surface area contributed by atoms with E-state index in [9.17, 15) is 14.4 Å². The SMILES string of the molecule is Cc1nsc(NC(=O)C(N)CCC(=O)O)c1C(=O)O. The summed E-state index contributed by atoms with van der Waals surface area (Å²) >= 11 is 0.840. The maximum atomic E-state index is 11.7. The van der Waals surface area contributed by atoms with Crippen LogP contribution in [-0.2, 0) is 9.59 Å². The lowest BCUT2D eigenvalue weighted by atomic mass is 10.1. The second kappa shape index (κ2) is 6.25. The monoisotopic (exact) mass is 287 g/mol. The van der Waals surface area contributed by atoms with Gasteiger partial charge in [0.05, 0.1) is 11.7 Å². The van der Waals surface area contributed by atoms with Gasteiger partial charge in [0.25, 0.3) is 0 Å². The molecule has 1 aromatic heterocycles. The number of carboxylic acid groups (broad SMARTS) is 2. The van der Waals surface area contributed by atoms with Crippen LogP contribution in [0.4, 0.5) is 5.00 Å². The average molecular weight is 287 g/mol. The lowest BCUT2D eigenvalue weighted by Gasteiger charge is -2.10. The summed E-state index contributed by atoms with van der Waals surface area (Å²) in [4.78, 5) is 33.0. The normalized spacial score (nSPS) is 11.9. The second-order valence-electron chi connectivity index (χ2n) is 3.81. The van der Waals surface area contributed by atoms with E-state index >= 15 is 0 Å². The molecule has 0 saturated carbocycles. The molecule has 9 heteroatoms. The van der Waals surface area contributed by atoms with E-state index in [1.54, 1.807) is 0 Å². The van der Waals surface area contributed by atoms with Crippen molar-refractivity contribution in [3.05, 3.63) is 11.3 Å². The van der Waals surface area contributed by atoms with Gasteiger partial charge in [-0.25, -0.2) is 4.79 Å². The summed E-state index contributed by atoms with van der Waals surface area (Å²) in [6, 6.07) is -1.01. The van der Waals surface area contributed by atoms with Crippen molar-refractivity contribution < 1.29 is 24.6 Å². The first-order valence-corrected chi connectivity index (χ1v) is 6.08. The van der Waals surface area contributed by atoms with Crippen molar-refractivity contribution in [3.8, 4) is 0 Å². The molecule has 8 nitrogen and oxygen atoms in total. The van der Waals surface area contributed by atoms with Gasteiger partial charge in [0.2, 0.25) is 5.91 Å². The van der Waals surface area contributed by atoms with Crippen molar-refractivity contribution >= 4 is 34.4 Å². The topological polar surface area (TPSA) is 143 Å². The molecule has 0 fully saturated rings. The molecule has 1 amide bonds. The van der Waals surface area contributed by atoms with Crippen LogP contribution in [0.15, 0.2) is 0 Å². The highest BCUT2D eigenvalue weighted by molar-refractivity contribution is 7.11. The fourth-order valence-corrected chi connectivity index (χ4v) is 2.11. The number of aliphatic carboxylic acids is 1. The highest BCUT2D eigenvalue weighted by Crippen LogP contribution is 2.24. The van der Waals surface area contributed by atoms with E-state index in [1.807, 2.05) is 0 Å². The fourth-order valence-electron chi connectivity index (χ4n) is 1.32. The van der Waals surface area contributed by atoms with Gasteiger partial charge in [-0.3, -0.25) is 9.59 Å². The molecule has 1 atom stereocenters. The van der Waals surface area contributed by atoms with Gasteiger partial charge in [-0.05, 0) is 24.9 Å². The number of aryl methyl sites for hydroxylation is 1. The number of nitrogens with zero attached hydrogens (tertiary/aromatic N) is 1. The lowest BCUT2D eigenvalue weighted by molar-refractivity contribution is -0.137. The summed E-state index contributed by atoms with van der Waals surface area (Å²) in [5.41, 5.74) is 5.73. The molecule has 1 unspecified atom stereocenters. The summed E-state index contributed by atoms with van der Waals surface area (Å²) in [5, 5.41) is 19.9. The van der Waals surface area contributed by atoms with Crippen LogP contribution in [-0.4, -0.2) is 38.5 Å². The molecule has 0 radical (unpaired) electrons. The van der Waals surface area contributed by atoms with Crippen LogP contribution in [0.5, 0.6) is 0 Å². The Morgan fingerprint density at radius 3 is 2.58 bits per heavy atom. The largest absolute Gasteiger partial charge is 0.481 e. The third kappa shape index (κ3) is 4.00. The Morgan fingerprint density at radius 1 is 1.42 bits per heavy atom. The van der Waals surface area contributed by atoms with E-state index < -0.39 is 23.9 Å². The van der Waals surface area contributed by atoms with Crippen molar-refractivity contribution in [1.82, 2.24) is 4.37 Å². The molecular weight excluding hydrogens is 274 g/mol. The zero-order valence-corrected chi connectivity index (χ0v) is 10.9. The number of anilines is 1. The van der Waals surface area contributed by atoms with Gasteiger partial charge in [-0.15, -0.1) is 0 Å². The summed E-state index contributed by atoms with van der Waals surface area (Å²) < 4.78 is 3.84. The van der Waals surface area contributed by atoms with Crippen LogP contribution in [0.2, 0.25) is 0 Å². The Hall–Kier alpha value is -2.00. The van der Waals surface area contributed by atoms with Gasteiger partial charge in [0, 0.05) is 6.42 Å². The molecule has 104 valence electrons. The number of carbonyl (C=O) groups excluding carboxylic acids is 1. The van der Waals surface area contributed by atoms with E-state index in [0.717, 1.165) is 11.5 Å². The van der Waals surface area contributed by atoms with Crippen LogP contribution >= 0.6 is 11.5 Å². The van der Waals surface area contributed by atoms with Crippen molar-refractivity contribution in [3.63, 3.8) is 0 Å². The Morgan fingerprint density at radius 2 is 2.05 bits per heavy atom. The second-order valence-corrected chi connectivity index (χ2v) is 4.58. The Bertz CT molecular complexity index is 513. The number of hydrogen-bond donors (Lipinski definition) is 4. The minimum atomic E-state index is -1.19. The van der Waals surface area contributed by atoms with E-state index in [0.29, 0.717) is 5.69 Å². The van der Waals surface area contributed by atoms with Gasteiger partial charge in [-0.2, -0.15) is 4.37 Å². The highest BCUT2D eigenvalue weighted by atomic mass is 32.1. The number of hydrogen-bond acceptors (Lipinski definition) is 6. The van der Waals surface area contributed by atoms with Crippen molar-refractivity contribution in [2.75, 3.05) is 5.32 Å². The highest BCUT2D eigenvalue weighted by Gasteiger charge is 2.22. The first kappa shape index (κ1) is 15.1. The Labute approximate surface area is 112 Å². The van der Waals surface area contributed by atoms with Crippen molar-refractivity contribution in [1.29, 1.82) is 0 Å². The van der Waals surface area contributed by atoms with Crippen LogP contribution in [0.1, 0.15) is 28.9 Å². The van der Waals surface area contributed by atoms with Gasteiger partial charge >= 0.3 is 11.9 Å². The quantitative estimate of drug-likeness (QED) is 0.588. The molecule has 0 aliphatic carbocycles. The Kier molecular flexibility index (Phi) is 4.95. The van der Waals surface area contributed by atoms with Crippen molar-refractivity contribution in [2.45, 2.75) is 25.8 Å². The minimum absolute atomic E-state index is 0.0264. The van der Waals surface area contributed by atoms with Crippen LogP contribution < -0.4 is 11.1 Å². The molecule has 0 aromatic carbocycles. The predicted molar refractivity (Wildman–Crippen MR) is 67.3 cm³/mol. The average Bonchev–Trinajstić information content (AvgIpc) is 2.67. The smallest absolute Gasteiger partial charge is 0.340 e. The molecule has 1 rings (SSSR count). The Balaban J connectivity index is 2.72. The number of rotatable bonds is 6. The number of carboxylic acids is 2. The molecule has 1 heterocycles. The van der Waals surface area contributed by atoms with Crippen LogP contribution in [0.25, 0.3) is 0 Å². The first-order valence-electron chi connectivity index (χ1n) is 5.30. The van der Waals surface area contributed by atoms with Gasteiger partial charge < -0.3 is 21.3 Å². The molecule has 0 aliphatic rings. The number of nitrogens with one attached hydrogen (secondary N) is 1. The molecule has 19 heavy (non-hydrogen) atoms. The van der Waals surface area contributed by atoms with E-state index in [1.165, 1.54) is 6.92 Å². The number of aromatic carboxylic acids is 1. The first-order chi connectivity index (χ1) is 8.82. The van der Waals surface area contributed by atoms with E-state index in [2.05, 4.69) is 9.69 Å². The number of carbonyl (C=O) groups is 3. The predicted octanol–water partition coefficient (Wildman–Crippen LogP) is 0.280. The third-order valence-electron chi connectivity index (χ3n) is 2.32. The third-order valence-corrected chi connectivity index (χ3v) is 3.17. The van der Waals surface area contributed by atoms with Crippen molar-refractivity contribution in [2.24, 2.45) is 5.73 Å². The van der Waals surface area contributed by atoms with Gasteiger partial charge in [-0.1, -0.05) is 0 Å². The van der Waals surface area contributed by atoms with E-state index in [4.69, 9.17) is 15.9 Å². The maximum absolute atomic E-state index is 11.7. The molecule has 5 N–H and O–H groups in total. The van der Waals surface area contributed by atoms with E-state index in [-0.39, 0.29) is 23.4 Å². The number of aromatic nitrogens is 1. The zero-order chi connectivity index (χ0) is 14.6. The lowest BCUT2D eigenvalue weighted by Crippen LogP contribution is -2.36. The molecular formula is C10H13N3O5S. The van der Waals surface area contributed by atoms with Gasteiger partial charge in [0.15, 0.2) is 0 Å². The van der Waals surface area contributed by atoms with Crippen LogP contribution in [0.3, 0.4) is 0 Å². The number of amides is 1. The zero-order valence-electron chi connectivity index (χ0n) is 10.0. The van der Waals surface area contributed by atoms with Crippen LogP contribution in [0, 0.1) is 6.92 Å². The standard InChI is InChI=1S/C10H13N3O5S/c1-4-7(10(17)18)9(19-13-4)12-8(16)5(11)2-3-6(14)15/h5H,2-3,11H2,1H3,(H,12,16)(H,14,15)(H,17,18). The summed E-state index contributed by atoms with van der Waals surface area (Å²) in [6.07, 6.45) is -0.260. The minimum Gasteiger partial charge on any atom is -0.481 e. The molecule has 0 aliphatic heterocycles. The summed E-state index contributed by atoms with van der Waals surface area (Å²) in [7, 11) is 0. The number of nitrogens with two attached hydrogens (primary N) is 1.